The molecule has 0 amide bonds. The zero-order valence-corrected chi connectivity index (χ0v) is 20.4. The second-order valence-corrected chi connectivity index (χ2v) is 9.51. The molecule has 1 aromatic heterocycles. The topological polar surface area (TPSA) is 116 Å². The van der Waals surface area contributed by atoms with Crippen LogP contribution in [-0.2, 0) is 11.3 Å². The quantitative estimate of drug-likeness (QED) is 0.361. The van der Waals surface area contributed by atoms with Crippen molar-refractivity contribution in [1.82, 2.24) is 9.88 Å². The summed E-state index contributed by atoms with van der Waals surface area (Å²) in [7, 11) is 0. The van der Waals surface area contributed by atoms with Gasteiger partial charge in [0.25, 0.3) is 0 Å². The van der Waals surface area contributed by atoms with Crippen LogP contribution in [0.3, 0.4) is 0 Å². The maximum atomic E-state index is 11.2. The highest BCUT2D eigenvalue weighted by atomic mass is 16.4. The van der Waals surface area contributed by atoms with Gasteiger partial charge in [-0.2, -0.15) is 5.26 Å². The van der Waals surface area contributed by atoms with E-state index in [1.165, 1.54) is 0 Å². The lowest BCUT2D eigenvalue weighted by Gasteiger charge is -2.30. The number of likely N-dealkylation sites (tertiary alicyclic amines) is 1. The fraction of sp³-hybridized carbons (Fsp3) is 0.276. The van der Waals surface area contributed by atoms with Gasteiger partial charge in [-0.3, -0.25) is 9.69 Å². The molecule has 1 aliphatic heterocycles. The second kappa shape index (κ2) is 9.48. The lowest BCUT2D eigenvalue weighted by molar-refractivity contribution is -0.143. The molecule has 7 heteroatoms. The van der Waals surface area contributed by atoms with E-state index in [1.54, 1.807) is 0 Å². The number of fused-ring (bicyclic) bond motifs is 1. The van der Waals surface area contributed by atoms with Crippen molar-refractivity contribution in [2.75, 3.05) is 18.8 Å². The number of hydrogen-bond acceptors (Lipinski definition) is 6. The molecule has 0 spiro atoms. The molecule has 0 bridgehead atoms. The number of hydrogen-bond donors (Lipinski definition) is 2. The molecule has 2 heterocycles. The van der Waals surface area contributed by atoms with Gasteiger partial charge in [-0.05, 0) is 91.9 Å². The number of rotatable bonds is 5. The fourth-order valence-corrected chi connectivity index (χ4v) is 5.08. The average molecular weight is 481 g/mol. The van der Waals surface area contributed by atoms with Crippen LogP contribution in [0.4, 0.5) is 5.69 Å². The number of nitrogens with zero attached hydrogens (tertiary/aromatic N) is 3. The Kier molecular flexibility index (Phi) is 6.21. The summed E-state index contributed by atoms with van der Waals surface area (Å²) in [6.45, 7) is 6.13. The van der Waals surface area contributed by atoms with Crippen LogP contribution < -0.4 is 5.73 Å². The Balaban J connectivity index is 1.49. The zero-order chi connectivity index (χ0) is 25.4. The highest BCUT2D eigenvalue weighted by Gasteiger charge is 2.25. The Morgan fingerprint density at radius 3 is 2.47 bits per heavy atom. The molecule has 0 unspecified atom stereocenters. The van der Waals surface area contributed by atoms with E-state index in [4.69, 9.17) is 15.1 Å². The number of nitriles is 1. The molecule has 1 saturated heterocycles. The lowest BCUT2D eigenvalue weighted by Crippen LogP contribution is -2.35. The molecule has 3 N–H and O–H groups in total. The van der Waals surface area contributed by atoms with Gasteiger partial charge >= 0.3 is 5.97 Å². The van der Waals surface area contributed by atoms with E-state index in [2.05, 4.69) is 23.1 Å². The number of benzene rings is 3. The van der Waals surface area contributed by atoms with Crippen LogP contribution in [0.2, 0.25) is 0 Å². The van der Waals surface area contributed by atoms with E-state index < -0.39 is 5.97 Å². The molecule has 4 aromatic rings. The minimum absolute atomic E-state index is 0.272. The highest BCUT2D eigenvalue weighted by Crippen LogP contribution is 2.36. The first-order chi connectivity index (χ1) is 17.4. The predicted octanol–water partition coefficient (Wildman–Crippen LogP) is 5.53. The summed E-state index contributed by atoms with van der Waals surface area (Å²) in [5.74, 6) is -0.517. The molecule has 0 saturated carbocycles. The van der Waals surface area contributed by atoms with Gasteiger partial charge in [-0.1, -0.05) is 24.3 Å². The standard InChI is InChI=1S/C29H28N4O3/c1-17-22(23-6-4-8-25(31)18(23)2)5-3-7-24(17)28-32-26-14-19(13-21(15-30)27(26)36-28)16-33-11-9-20(10-12-33)29(34)35/h3-8,13-14,20H,9-12,16,31H2,1-2H3,(H,34,35). The Labute approximate surface area is 209 Å². The molecular weight excluding hydrogens is 452 g/mol. The van der Waals surface area contributed by atoms with E-state index in [1.807, 2.05) is 50.2 Å². The third-order valence-electron chi connectivity index (χ3n) is 7.24. The summed E-state index contributed by atoms with van der Waals surface area (Å²) in [5.41, 5.74) is 14.5. The first kappa shape index (κ1) is 23.6. The van der Waals surface area contributed by atoms with Crippen molar-refractivity contribution < 1.29 is 14.3 Å². The Bertz CT molecular complexity index is 1510. The molecule has 5 rings (SSSR count). The first-order valence-corrected chi connectivity index (χ1v) is 12.1. The number of anilines is 1. The lowest BCUT2D eigenvalue weighted by atomic mass is 9.93. The van der Waals surface area contributed by atoms with Crippen LogP contribution in [0.15, 0.2) is 52.9 Å². The molecule has 0 radical (unpaired) electrons. The summed E-state index contributed by atoms with van der Waals surface area (Å²) >= 11 is 0. The number of carboxylic acid groups (broad SMARTS) is 1. The molecule has 3 aromatic carbocycles. The Hall–Kier alpha value is -4.15. The number of aliphatic carboxylic acids is 1. The number of aromatic nitrogens is 1. The van der Waals surface area contributed by atoms with Gasteiger partial charge in [0.1, 0.15) is 11.6 Å². The Morgan fingerprint density at radius 1 is 1.11 bits per heavy atom. The fourth-order valence-electron chi connectivity index (χ4n) is 5.08. The van der Waals surface area contributed by atoms with Gasteiger partial charge < -0.3 is 15.3 Å². The summed E-state index contributed by atoms with van der Waals surface area (Å²) in [6.07, 6.45) is 1.28. The summed E-state index contributed by atoms with van der Waals surface area (Å²) < 4.78 is 6.15. The number of piperidine rings is 1. The highest BCUT2D eigenvalue weighted by molar-refractivity contribution is 5.85. The van der Waals surface area contributed by atoms with E-state index in [9.17, 15) is 15.2 Å². The summed E-state index contributed by atoms with van der Waals surface area (Å²) in [4.78, 5) is 18.3. The van der Waals surface area contributed by atoms with Crippen LogP contribution >= 0.6 is 0 Å². The molecular formula is C29H28N4O3. The average Bonchev–Trinajstić information content (AvgIpc) is 3.30. The minimum atomic E-state index is -0.719. The molecule has 7 nitrogen and oxygen atoms in total. The maximum absolute atomic E-state index is 11.2. The molecule has 36 heavy (non-hydrogen) atoms. The van der Waals surface area contributed by atoms with Gasteiger partial charge in [0.05, 0.1) is 11.5 Å². The van der Waals surface area contributed by atoms with Crippen molar-refractivity contribution in [3.8, 4) is 28.7 Å². The normalized spacial score (nSPS) is 14.7. The monoisotopic (exact) mass is 480 g/mol. The van der Waals surface area contributed by atoms with Crippen LogP contribution in [0.5, 0.6) is 0 Å². The third-order valence-corrected chi connectivity index (χ3v) is 7.24. The first-order valence-electron chi connectivity index (χ1n) is 12.1. The van der Waals surface area contributed by atoms with Crippen molar-refractivity contribution in [2.24, 2.45) is 5.92 Å². The van der Waals surface area contributed by atoms with Gasteiger partial charge in [0, 0.05) is 17.8 Å². The molecule has 182 valence electrons. The van der Waals surface area contributed by atoms with E-state index in [-0.39, 0.29) is 5.92 Å². The Morgan fingerprint density at radius 2 is 1.78 bits per heavy atom. The van der Waals surface area contributed by atoms with Crippen molar-refractivity contribution in [2.45, 2.75) is 33.2 Å². The van der Waals surface area contributed by atoms with Crippen LogP contribution in [0.1, 0.15) is 35.1 Å². The number of nitrogens with two attached hydrogens (primary N) is 1. The largest absolute Gasteiger partial charge is 0.481 e. The van der Waals surface area contributed by atoms with Crippen molar-refractivity contribution in [3.63, 3.8) is 0 Å². The molecule has 1 fully saturated rings. The van der Waals surface area contributed by atoms with Crippen LogP contribution in [-0.4, -0.2) is 34.0 Å². The van der Waals surface area contributed by atoms with Crippen LogP contribution in [0.25, 0.3) is 33.7 Å². The van der Waals surface area contributed by atoms with Gasteiger partial charge in [0.15, 0.2) is 5.58 Å². The van der Waals surface area contributed by atoms with Crippen molar-refractivity contribution in [3.05, 3.63) is 70.8 Å². The maximum Gasteiger partial charge on any atom is 0.306 e. The number of nitrogen functional groups attached to an aromatic ring is 1. The molecule has 0 atom stereocenters. The predicted molar refractivity (Wildman–Crippen MR) is 139 cm³/mol. The van der Waals surface area contributed by atoms with E-state index in [0.29, 0.717) is 41.9 Å². The van der Waals surface area contributed by atoms with E-state index >= 15 is 0 Å². The second-order valence-electron chi connectivity index (χ2n) is 9.51. The summed E-state index contributed by atoms with van der Waals surface area (Å²) in [5, 5.41) is 19.1. The van der Waals surface area contributed by atoms with Gasteiger partial charge in [0.2, 0.25) is 5.89 Å². The summed E-state index contributed by atoms with van der Waals surface area (Å²) in [6, 6.07) is 18.0. The van der Waals surface area contributed by atoms with Crippen LogP contribution in [0, 0.1) is 31.1 Å². The van der Waals surface area contributed by atoms with Crippen molar-refractivity contribution in [1.29, 1.82) is 5.26 Å². The van der Waals surface area contributed by atoms with E-state index in [0.717, 1.165) is 52.2 Å². The number of carbonyl (C=O) groups is 1. The molecule has 0 aliphatic carbocycles. The molecule has 1 aliphatic rings. The minimum Gasteiger partial charge on any atom is -0.481 e. The number of oxazole rings is 1. The number of carboxylic acids is 1. The third kappa shape index (κ3) is 4.32. The van der Waals surface area contributed by atoms with Gasteiger partial charge in [-0.15, -0.1) is 0 Å². The SMILES string of the molecule is Cc1c(N)cccc1-c1cccc(-c2nc3cc(CN4CCC(C(=O)O)CC4)cc(C#N)c3o2)c1C. The van der Waals surface area contributed by atoms with Crippen molar-refractivity contribution >= 4 is 22.8 Å². The van der Waals surface area contributed by atoms with Gasteiger partial charge in [-0.25, -0.2) is 4.98 Å². The smallest absolute Gasteiger partial charge is 0.306 e. The zero-order valence-electron chi connectivity index (χ0n) is 20.4.